The summed E-state index contributed by atoms with van der Waals surface area (Å²) in [5.74, 6) is 1.88. The van der Waals surface area contributed by atoms with Crippen LogP contribution in [0.5, 0.6) is 0 Å². The summed E-state index contributed by atoms with van der Waals surface area (Å²) in [5.41, 5.74) is 0.158. The number of fused-ring (bicyclic) bond motifs is 20. The fraction of sp³-hybridized carbons (Fsp3) is 0.0625. The molecule has 0 radical (unpaired) electrons. The molecule has 0 saturated carbocycles. The zero-order valence-electron chi connectivity index (χ0n) is 24.4. The van der Waals surface area contributed by atoms with Gasteiger partial charge in [0.25, 0.3) is 20.2 Å². The fourth-order valence-corrected chi connectivity index (χ4v) is 8.05. The normalized spacial score (nSPS) is 18.7. The van der Waals surface area contributed by atoms with Gasteiger partial charge in [-0.15, -0.1) is 0 Å². The average Bonchev–Trinajstić information content (AvgIpc) is 3.79. The van der Waals surface area contributed by atoms with Crippen LogP contribution in [0.1, 0.15) is 0 Å². The Bertz CT molecular complexity index is 2900. The van der Waals surface area contributed by atoms with Crippen molar-refractivity contribution in [3.63, 3.8) is 0 Å². The Labute approximate surface area is 270 Å². The van der Waals surface area contributed by atoms with Gasteiger partial charge in [0.05, 0.1) is 0 Å². The minimum absolute atomic E-state index is 0.0158. The van der Waals surface area contributed by atoms with Gasteiger partial charge in [-0.1, -0.05) is 72.8 Å². The molecule has 48 heavy (non-hydrogen) atoms. The van der Waals surface area contributed by atoms with Crippen molar-refractivity contribution in [2.24, 2.45) is 31.8 Å². The summed E-state index contributed by atoms with van der Waals surface area (Å²) in [5, 5.41) is 5.59. The largest absolute Gasteiger partial charge is 0.331 e. The van der Waals surface area contributed by atoms with Crippen LogP contribution in [0.15, 0.2) is 115 Å². The van der Waals surface area contributed by atoms with E-state index in [1.165, 1.54) is 24.3 Å². The lowest BCUT2D eigenvalue weighted by Gasteiger charge is -2.13. The summed E-state index contributed by atoms with van der Waals surface area (Å²) in [6, 6.07) is 16.2. The van der Waals surface area contributed by atoms with E-state index in [4.69, 9.17) is 20.0 Å². The molecule has 14 nitrogen and oxygen atoms in total. The lowest BCUT2D eigenvalue weighted by atomic mass is 9.90. The first-order chi connectivity index (χ1) is 23.0. The Balaban J connectivity index is 1.48. The zero-order valence-corrected chi connectivity index (χ0v) is 26.0. The third-order valence-corrected chi connectivity index (χ3v) is 10.5. The van der Waals surface area contributed by atoms with E-state index in [1.807, 2.05) is 48.6 Å². The molecule has 1 saturated heterocycles. The Kier molecular flexibility index (Phi) is 5.89. The van der Waals surface area contributed by atoms with Gasteiger partial charge in [-0.05, 0) is 12.1 Å². The second-order valence-electron chi connectivity index (χ2n) is 11.5. The standard InChI is InChI=1S/C32H22N8O6S2/c41-47(42,43)21-13-5-11-19-23(21)31-38-29(19)36-27-17-9-3-1-7-15(17)25(34-27)33-26-16-8-2-4-10-18(16)28(35-26)37-30-20-12-6-14-22(48(44,45)46)24(20)32(39-30)40-31/h1-15,17,35,38H,(H,33,34,36)(H,37,39,40)(H,41,42,43)(H,44,45,46)/t15-,17+/m1/s1. The number of rotatable bonds is 2. The lowest BCUT2D eigenvalue weighted by molar-refractivity contribution is 0.482. The fourth-order valence-electron chi connectivity index (χ4n) is 6.62. The molecule has 5 heterocycles. The highest BCUT2D eigenvalue weighted by Crippen LogP contribution is 2.40. The molecule has 238 valence electrons. The number of benzene rings is 3. The van der Waals surface area contributed by atoms with Crippen molar-refractivity contribution in [2.75, 3.05) is 0 Å². The van der Waals surface area contributed by atoms with E-state index >= 15 is 0 Å². The van der Waals surface area contributed by atoms with Crippen LogP contribution in [0.4, 0.5) is 23.3 Å². The summed E-state index contributed by atoms with van der Waals surface area (Å²) in [6.45, 7) is 0. The minimum atomic E-state index is -4.76. The molecule has 1 aliphatic carbocycles. The molecule has 3 aliphatic rings. The molecule has 16 heteroatoms. The Morgan fingerprint density at radius 1 is 0.521 bits per heavy atom. The van der Waals surface area contributed by atoms with Crippen molar-refractivity contribution in [1.29, 1.82) is 0 Å². The predicted molar refractivity (Wildman–Crippen MR) is 179 cm³/mol. The van der Waals surface area contributed by atoms with Crippen LogP contribution in [-0.4, -0.2) is 52.6 Å². The minimum Gasteiger partial charge on any atom is -0.331 e. The SMILES string of the molecule is O=S(=O)(O)c1cccc2c3[nH]c(c12)N=c1[nH]c(c2cccc(S(=O)(=O)O)c12)=Nc1[nH]c(c2ccccc12)N=C1NC(=N3)[C@H]2C=CC=C[C@@H]12. The monoisotopic (exact) mass is 678 g/mol. The number of allylic oxidation sites excluding steroid dienone is 2. The molecule has 0 amide bonds. The first-order valence-corrected chi connectivity index (χ1v) is 17.5. The van der Waals surface area contributed by atoms with E-state index in [0.717, 1.165) is 10.8 Å². The van der Waals surface area contributed by atoms with E-state index < -0.39 is 30.0 Å². The third kappa shape index (κ3) is 4.31. The summed E-state index contributed by atoms with van der Waals surface area (Å²) in [4.78, 5) is 28.1. The number of hydrogen-bond acceptors (Lipinski definition) is 9. The van der Waals surface area contributed by atoms with E-state index in [1.54, 1.807) is 12.1 Å². The lowest BCUT2D eigenvalue weighted by Crippen LogP contribution is -2.22. The van der Waals surface area contributed by atoms with Gasteiger partial charge in [-0.25, -0.2) is 20.0 Å². The maximum atomic E-state index is 12.6. The molecule has 3 aromatic carbocycles. The molecule has 0 unspecified atom stereocenters. The predicted octanol–water partition coefficient (Wildman–Crippen LogP) is 4.56. The molecule has 2 atom stereocenters. The van der Waals surface area contributed by atoms with Gasteiger partial charge >= 0.3 is 0 Å². The van der Waals surface area contributed by atoms with Gasteiger partial charge in [0.15, 0.2) is 0 Å². The molecule has 8 bridgehead atoms. The average molecular weight is 679 g/mol. The highest BCUT2D eigenvalue weighted by molar-refractivity contribution is 7.86. The van der Waals surface area contributed by atoms with Crippen molar-refractivity contribution in [3.8, 4) is 0 Å². The molecule has 6 N–H and O–H groups in total. The molecule has 0 spiro atoms. The zero-order chi connectivity index (χ0) is 32.9. The van der Waals surface area contributed by atoms with Crippen molar-refractivity contribution < 1.29 is 25.9 Å². The van der Waals surface area contributed by atoms with Crippen LogP contribution in [0.3, 0.4) is 0 Å². The van der Waals surface area contributed by atoms with Gasteiger partial charge in [-0.3, -0.25) is 9.11 Å². The van der Waals surface area contributed by atoms with Crippen LogP contribution in [-0.2, 0) is 20.2 Å². The number of nitrogens with zero attached hydrogens (tertiary/aromatic N) is 4. The molecule has 2 aliphatic heterocycles. The Morgan fingerprint density at radius 3 is 1.65 bits per heavy atom. The molecule has 1 fully saturated rings. The maximum absolute atomic E-state index is 12.6. The van der Waals surface area contributed by atoms with Gasteiger partial charge in [-0.2, -0.15) is 16.8 Å². The summed E-state index contributed by atoms with van der Waals surface area (Å²) >= 11 is 0. The van der Waals surface area contributed by atoms with Crippen LogP contribution in [0, 0.1) is 11.8 Å². The number of hydrogen-bond donors (Lipinski definition) is 6. The molecule has 6 aromatic rings. The van der Waals surface area contributed by atoms with Crippen molar-refractivity contribution in [2.45, 2.75) is 9.79 Å². The van der Waals surface area contributed by atoms with Gasteiger partial charge in [0, 0.05) is 44.2 Å². The van der Waals surface area contributed by atoms with Crippen LogP contribution >= 0.6 is 0 Å². The van der Waals surface area contributed by atoms with Crippen LogP contribution in [0.25, 0.3) is 32.3 Å². The summed E-state index contributed by atoms with van der Waals surface area (Å²) < 4.78 is 70.9. The molecular formula is C32H22N8O6S2. The van der Waals surface area contributed by atoms with Crippen molar-refractivity contribution in [3.05, 3.63) is 95.9 Å². The van der Waals surface area contributed by atoms with Crippen LogP contribution < -0.4 is 16.3 Å². The van der Waals surface area contributed by atoms with Gasteiger partial charge in [0.1, 0.15) is 55.7 Å². The van der Waals surface area contributed by atoms with Crippen molar-refractivity contribution in [1.82, 2.24) is 20.3 Å². The number of nitrogens with one attached hydrogen (secondary N) is 4. The second-order valence-corrected chi connectivity index (χ2v) is 14.3. The van der Waals surface area contributed by atoms with Crippen LogP contribution in [0.2, 0.25) is 0 Å². The molecular weight excluding hydrogens is 657 g/mol. The van der Waals surface area contributed by atoms with E-state index in [9.17, 15) is 25.9 Å². The summed E-state index contributed by atoms with van der Waals surface area (Å²) in [7, 11) is -9.52. The molecule has 9 rings (SSSR count). The Morgan fingerprint density at radius 2 is 1.02 bits per heavy atom. The quantitative estimate of drug-likeness (QED) is 0.143. The topological polar surface area (TPSA) is 218 Å². The number of H-pyrrole nitrogens is 3. The van der Waals surface area contributed by atoms with E-state index in [-0.39, 0.29) is 45.2 Å². The smallest absolute Gasteiger partial charge is 0.295 e. The highest BCUT2D eigenvalue weighted by atomic mass is 32.2. The first kappa shape index (κ1) is 28.5. The second kappa shape index (κ2) is 9.91. The number of aromatic amines is 3. The number of aliphatic imine (C=N–C) groups is 2. The number of aromatic nitrogens is 3. The van der Waals surface area contributed by atoms with Gasteiger partial charge < -0.3 is 20.3 Å². The van der Waals surface area contributed by atoms with E-state index in [2.05, 4.69) is 20.3 Å². The van der Waals surface area contributed by atoms with E-state index in [0.29, 0.717) is 34.1 Å². The maximum Gasteiger partial charge on any atom is 0.295 e. The first-order valence-electron chi connectivity index (χ1n) is 14.6. The Hall–Kier alpha value is -5.68. The highest BCUT2D eigenvalue weighted by Gasteiger charge is 2.37. The number of amidine groups is 2. The third-order valence-electron chi connectivity index (χ3n) is 8.67. The van der Waals surface area contributed by atoms with Crippen molar-refractivity contribution >= 4 is 87.5 Å². The summed E-state index contributed by atoms with van der Waals surface area (Å²) in [6.07, 6.45) is 7.86. The molecule has 3 aromatic heterocycles. The van der Waals surface area contributed by atoms with Gasteiger partial charge in [0.2, 0.25) is 0 Å².